The molecule has 0 aliphatic carbocycles. The van der Waals surface area contributed by atoms with Crippen molar-refractivity contribution < 1.29 is 24.2 Å². The molecule has 0 spiro atoms. The van der Waals surface area contributed by atoms with Crippen LogP contribution in [-0.2, 0) is 14.3 Å². The molecule has 0 rings (SSSR count). The highest BCUT2D eigenvalue weighted by Crippen LogP contribution is 2.09. The van der Waals surface area contributed by atoms with Gasteiger partial charge in [-0.25, -0.2) is 10.6 Å². The summed E-state index contributed by atoms with van der Waals surface area (Å²) < 4.78 is 5.02. The molecular weight excluding hydrogens is 464 g/mol. The van der Waals surface area contributed by atoms with Crippen LogP contribution < -0.4 is 27.9 Å². The Morgan fingerprint density at radius 1 is 1.06 bits per heavy atom. The number of aliphatic carboxylic acids is 1. The summed E-state index contributed by atoms with van der Waals surface area (Å²) in [4.78, 5) is 34.6. The number of rotatable bonds is 18. The fourth-order valence-electron chi connectivity index (χ4n) is 2.94. The Labute approximate surface area is 218 Å². The van der Waals surface area contributed by atoms with Crippen LogP contribution >= 0.6 is 0 Å². The van der Waals surface area contributed by atoms with E-state index in [0.717, 1.165) is 19.3 Å². The summed E-state index contributed by atoms with van der Waals surface area (Å²) in [5.41, 5.74) is 12.1. The number of hydrazine groups is 1. The lowest BCUT2D eigenvalue weighted by Crippen LogP contribution is -2.35. The van der Waals surface area contributed by atoms with E-state index in [0.29, 0.717) is 44.5 Å². The number of unbranched alkanes of at least 4 members (excludes halogenated alkanes) is 2. The molecule has 0 aliphatic heterocycles. The summed E-state index contributed by atoms with van der Waals surface area (Å²) in [5, 5.41) is 15.7. The normalized spacial score (nSPS) is 13.1. The lowest BCUT2D eigenvalue weighted by Gasteiger charge is -2.17. The van der Waals surface area contributed by atoms with Gasteiger partial charge in [0.05, 0.1) is 11.7 Å². The van der Waals surface area contributed by atoms with Gasteiger partial charge in [0.2, 0.25) is 0 Å². The van der Waals surface area contributed by atoms with Crippen LogP contribution in [-0.4, -0.2) is 66.8 Å². The van der Waals surface area contributed by atoms with Crippen LogP contribution in [0.3, 0.4) is 0 Å². The minimum atomic E-state index is -0.892. The van der Waals surface area contributed by atoms with Gasteiger partial charge in [0.15, 0.2) is 5.78 Å². The predicted molar refractivity (Wildman–Crippen MR) is 146 cm³/mol. The summed E-state index contributed by atoms with van der Waals surface area (Å²) in [6.07, 6.45) is 5.58. The molecule has 3 unspecified atom stereocenters. The quantitative estimate of drug-likeness (QED) is 0.0894. The van der Waals surface area contributed by atoms with Crippen molar-refractivity contribution in [3.63, 3.8) is 0 Å². The van der Waals surface area contributed by atoms with Gasteiger partial charge in [0.25, 0.3) is 0 Å². The molecular formula is C25H54N6O5. The van der Waals surface area contributed by atoms with Crippen molar-refractivity contribution >= 4 is 17.8 Å². The molecule has 0 radical (unpaired) electrons. The van der Waals surface area contributed by atoms with E-state index in [2.05, 4.69) is 10.6 Å². The molecule has 1 amide bonds. The fourth-order valence-corrected chi connectivity index (χ4v) is 2.94. The lowest BCUT2D eigenvalue weighted by atomic mass is 9.95. The number of nitrogens with one attached hydrogen (secondary N) is 2. The van der Waals surface area contributed by atoms with Crippen molar-refractivity contribution in [3.8, 4) is 0 Å². The molecule has 0 bridgehead atoms. The van der Waals surface area contributed by atoms with Crippen molar-refractivity contribution in [1.29, 1.82) is 0 Å². The van der Waals surface area contributed by atoms with Crippen molar-refractivity contribution in [3.05, 3.63) is 11.9 Å². The zero-order chi connectivity index (χ0) is 28.5. The van der Waals surface area contributed by atoms with E-state index in [-0.39, 0.29) is 18.3 Å². The Morgan fingerprint density at radius 2 is 1.64 bits per heavy atom. The summed E-state index contributed by atoms with van der Waals surface area (Å²) in [7, 11) is 1.60. The molecule has 0 saturated heterocycles. The molecule has 0 heterocycles. The molecule has 0 aromatic carbocycles. The first-order chi connectivity index (χ1) is 17.1. The minimum absolute atomic E-state index is 0.0152. The fraction of sp³-hybridized carbons (Fsp3) is 0.800. The second kappa shape index (κ2) is 25.7. The van der Waals surface area contributed by atoms with E-state index in [9.17, 15) is 14.4 Å². The van der Waals surface area contributed by atoms with E-state index < -0.39 is 24.1 Å². The molecule has 214 valence electrons. The van der Waals surface area contributed by atoms with Gasteiger partial charge in [-0.3, -0.25) is 9.59 Å². The maximum absolute atomic E-state index is 12.0. The van der Waals surface area contributed by atoms with Crippen LogP contribution in [0, 0.1) is 5.92 Å². The first-order valence-corrected chi connectivity index (χ1v) is 13.2. The predicted octanol–water partition coefficient (Wildman–Crippen LogP) is 2.70. The van der Waals surface area contributed by atoms with Crippen molar-refractivity contribution in [2.24, 2.45) is 23.2 Å². The Bertz CT molecular complexity index is 603. The Kier molecular flexibility index (Phi) is 27.3. The average molecular weight is 519 g/mol. The minimum Gasteiger partial charge on any atom is -0.480 e. The van der Waals surface area contributed by atoms with E-state index in [4.69, 9.17) is 27.2 Å². The van der Waals surface area contributed by atoms with Gasteiger partial charge in [-0.05, 0) is 52.0 Å². The topological polar surface area (TPSA) is 186 Å². The first kappa shape index (κ1) is 38.2. The van der Waals surface area contributed by atoms with Gasteiger partial charge in [0, 0.05) is 25.2 Å². The van der Waals surface area contributed by atoms with E-state index in [1.807, 2.05) is 41.5 Å². The number of Topliss-reactive ketones (excluding diaryl/α,β-unsaturated/α-hetero) is 1. The van der Waals surface area contributed by atoms with Crippen LogP contribution in [0.5, 0.6) is 0 Å². The number of likely N-dealkylation sites (N-methyl/N-ethyl adjacent to an activating group) is 1. The molecule has 0 aromatic heterocycles. The number of carboxylic acids is 1. The number of nitrogens with zero attached hydrogens (tertiary/aromatic N) is 1. The van der Waals surface area contributed by atoms with Crippen LogP contribution in [0.25, 0.3) is 0 Å². The number of carbonyl (C=O) groups is 3. The van der Waals surface area contributed by atoms with Crippen LogP contribution in [0.2, 0.25) is 0 Å². The number of carbonyl (C=O) groups excluding carboxylic acids is 2. The molecule has 0 aliphatic rings. The molecule has 0 aromatic rings. The highest BCUT2D eigenvalue weighted by atomic mass is 16.5. The van der Waals surface area contributed by atoms with Crippen LogP contribution in [0.15, 0.2) is 11.9 Å². The van der Waals surface area contributed by atoms with Gasteiger partial charge < -0.3 is 37.0 Å². The van der Waals surface area contributed by atoms with E-state index in [1.165, 1.54) is 11.2 Å². The van der Waals surface area contributed by atoms with E-state index in [1.54, 1.807) is 7.05 Å². The second-order valence-electron chi connectivity index (χ2n) is 7.93. The standard InChI is InChI=1S/C21H42N6O5.2C2H6/c1-4-15(2)19(28)17(23)9-6-8-12-27(24)13-16(22)14-32-21(31)26-11-7-5-10-18(25-3)20(29)30;2*1-2/h13,15,17-18,25H,4-12,14,22-24H2,1-3H3,(H,26,31)(H,29,30);2*1-2H3/b16-13-;;. The van der Waals surface area contributed by atoms with Gasteiger partial charge in [0.1, 0.15) is 12.6 Å². The largest absolute Gasteiger partial charge is 0.480 e. The number of ether oxygens (including phenoxy) is 1. The monoisotopic (exact) mass is 518 g/mol. The molecule has 0 saturated carbocycles. The number of hydrogen-bond acceptors (Lipinski definition) is 9. The molecule has 0 fully saturated rings. The number of amides is 1. The van der Waals surface area contributed by atoms with Crippen molar-refractivity contribution in [2.75, 3.05) is 26.7 Å². The Balaban J connectivity index is -0.00000258. The summed E-state index contributed by atoms with van der Waals surface area (Å²) in [6.45, 7) is 12.7. The number of carboxylic acid groups (broad SMARTS) is 1. The van der Waals surface area contributed by atoms with Gasteiger partial charge in [-0.1, -0.05) is 41.5 Å². The lowest BCUT2D eigenvalue weighted by molar-refractivity contribution is -0.139. The zero-order valence-corrected chi connectivity index (χ0v) is 23.6. The van der Waals surface area contributed by atoms with Crippen molar-refractivity contribution in [1.82, 2.24) is 15.6 Å². The number of nitrogens with two attached hydrogens (primary N) is 3. The number of hydrogen-bond donors (Lipinski definition) is 6. The van der Waals surface area contributed by atoms with Gasteiger partial charge >= 0.3 is 12.1 Å². The summed E-state index contributed by atoms with van der Waals surface area (Å²) in [5.74, 6) is 5.06. The smallest absolute Gasteiger partial charge is 0.407 e. The maximum atomic E-state index is 12.0. The average Bonchev–Trinajstić information content (AvgIpc) is 2.88. The molecule has 3 atom stereocenters. The zero-order valence-electron chi connectivity index (χ0n) is 23.6. The highest BCUT2D eigenvalue weighted by Gasteiger charge is 2.18. The molecule has 9 N–H and O–H groups in total. The van der Waals surface area contributed by atoms with Crippen molar-refractivity contribution in [2.45, 2.75) is 98.6 Å². The van der Waals surface area contributed by atoms with Gasteiger partial charge in [-0.15, -0.1) is 0 Å². The molecule has 36 heavy (non-hydrogen) atoms. The third-order valence-electron chi connectivity index (χ3n) is 5.18. The number of ketones is 1. The summed E-state index contributed by atoms with van der Waals surface area (Å²) in [6, 6.07) is -1.03. The van der Waals surface area contributed by atoms with E-state index >= 15 is 0 Å². The molecule has 11 heteroatoms. The maximum Gasteiger partial charge on any atom is 0.407 e. The molecule has 11 nitrogen and oxygen atoms in total. The first-order valence-electron chi connectivity index (χ1n) is 13.2. The van der Waals surface area contributed by atoms with Crippen LogP contribution in [0.4, 0.5) is 4.79 Å². The Morgan fingerprint density at radius 3 is 2.17 bits per heavy atom. The second-order valence-corrected chi connectivity index (χ2v) is 7.93. The highest BCUT2D eigenvalue weighted by molar-refractivity contribution is 5.85. The SMILES string of the molecule is CC.CC.CCC(C)C(=O)C(N)CCCCN(N)/C=C(\N)COC(=O)NCCCCC(NC)C(=O)O. The van der Waals surface area contributed by atoms with Crippen LogP contribution in [0.1, 0.15) is 86.5 Å². The third kappa shape index (κ3) is 21.0. The third-order valence-corrected chi connectivity index (χ3v) is 5.18. The Hall–Kier alpha value is -2.37. The van der Waals surface area contributed by atoms with Gasteiger partial charge in [-0.2, -0.15) is 0 Å². The summed E-state index contributed by atoms with van der Waals surface area (Å²) >= 11 is 0. The number of alkyl carbamates (subject to hydrolysis) is 1.